The highest BCUT2D eigenvalue weighted by Crippen LogP contribution is 2.38. The Morgan fingerprint density at radius 1 is 1.39 bits per heavy atom. The zero-order valence-electron chi connectivity index (χ0n) is 9.35. The molecule has 8 heteroatoms. The van der Waals surface area contributed by atoms with Crippen molar-refractivity contribution in [3.63, 3.8) is 0 Å². The summed E-state index contributed by atoms with van der Waals surface area (Å²) < 4.78 is 6.29. The van der Waals surface area contributed by atoms with Crippen molar-refractivity contribution in [3.8, 4) is 5.88 Å². The van der Waals surface area contributed by atoms with E-state index >= 15 is 0 Å². The Hall–Kier alpha value is -0.920. The number of hydrogen-bond acceptors (Lipinski definition) is 6. The number of methoxy groups -OCH3 is 1. The van der Waals surface area contributed by atoms with Gasteiger partial charge in [-0.3, -0.25) is 10.8 Å². The molecule has 96 valence electrons. The average molecular weight is 305 g/mol. The van der Waals surface area contributed by atoms with Gasteiger partial charge in [-0.1, -0.05) is 23.2 Å². The van der Waals surface area contributed by atoms with E-state index in [0.29, 0.717) is 20.2 Å². The Labute approximate surface area is 118 Å². The SMILES string of the molecule is COc1nccnc1C(NN)c1cc(Cl)sc1Cl. The number of ether oxygens (including phenoxy) is 1. The van der Waals surface area contributed by atoms with Gasteiger partial charge >= 0.3 is 0 Å². The number of halogens is 2. The van der Waals surface area contributed by atoms with Crippen LogP contribution in [0, 0.1) is 0 Å². The Morgan fingerprint density at radius 2 is 2.11 bits per heavy atom. The van der Waals surface area contributed by atoms with E-state index < -0.39 is 6.04 Å². The molecule has 0 fully saturated rings. The fourth-order valence-corrected chi connectivity index (χ4v) is 3.09. The molecule has 0 aliphatic rings. The zero-order chi connectivity index (χ0) is 13.1. The zero-order valence-corrected chi connectivity index (χ0v) is 11.7. The molecule has 0 radical (unpaired) electrons. The van der Waals surface area contributed by atoms with E-state index in [0.717, 1.165) is 5.56 Å². The quantitative estimate of drug-likeness (QED) is 0.670. The lowest BCUT2D eigenvalue weighted by Gasteiger charge is -2.16. The van der Waals surface area contributed by atoms with Crippen LogP contribution in [0.4, 0.5) is 0 Å². The van der Waals surface area contributed by atoms with Gasteiger partial charge in [0.2, 0.25) is 5.88 Å². The minimum absolute atomic E-state index is 0.388. The van der Waals surface area contributed by atoms with Crippen LogP contribution in [0.3, 0.4) is 0 Å². The van der Waals surface area contributed by atoms with E-state index in [9.17, 15) is 0 Å². The molecule has 0 aliphatic carbocycles. The molecule has 0 amide bonds. The maximum atomic E-state index is 6.11. The lowest BCUT2D eigenvalue weighted by Crippen LogP contribution is -2.30. The van der Waals surface area contributed by atoms with Crippen LogP contribution in [-0.2, 0) is 0 Å². The van der Waals surface area contributed by atoms with Gasteiger partial charge in [-0.15, -0.1) is 11.3 Å². The first-order valence-electron chi connectivity index (χ1n) is 4.93. The van der Waals surface area contributed by atoms with Crippen molar-refractivity contribution in [1.82, 2.24) is 15.4 Å². The first-order chi connectivity index (χ1) is 8.67. The summed E-state index contributed by atoms with van der Waals surface area (Å²) in [7, 11) is 1.52. The predicted molar refractivity (Wildman–Crippen MR) is 72.1 cm³/mol. The third-order valence-electron chi connectivity index (χ3n) is 2.32. The third-order valence-corrected chi connectivity index (χ3v) is 3.84. The molecular weight excluding hydrogens is 295 g/mol. The number of nitrogens with zero attached hydrogens (tertiary/aromatic N) is 2. The second-order valence-electron chi connectivity index (χ2n) is 3.33. The normalized spacial score (nSPS) is 12.4. The van der Waals surface area contributed by atoms with E-state index in [-0.39, 0.29) is 0 Å². The molecule has 18 heavy (non-hydrogen) atoms. The number of hydrogen-bond donors (Lipinski definition) is 2. The third kappa shape index (κ3) is 2.57. The fraction of sp³-hybridized carbons (Fsp3) is 0.200. The van der Waals surface area contributed by atoms with Crippen LogP contribution < -0.4 is 16.0 Å². The highest BCUT2D eigenvalue weighted by molar-refractivity contribution is 7.20. The van der Waals surface area contributed by atoms with Gasteiger partial charge in [-0.2, -0.15) is 0 Å². The lowest BCUT2D eigenvalue weighted by molar-refractivity contribution is 0.383. The summed E-state index contributed by atoms with van der Waals surface area (Å²) in [6.07, 6.45) is 3.10. The summed E-state index contributed by atoms with van der Waals surface area (Å²) in [5.41, 5.74) is 3.94. The van der Waals surface area contributed by atoms with Gasteiger partial charge in [0.1, 0.15) is 5.69 Å². The lowest BCUT2D eigenvalue weighted by atomic mass is 10.1. The van der Waals surface area contributed by atoms with Crippen LogP contribution in [0.1, 0.15) is 17.3 Å². The van der Waals surface area contributed by atoms with E-state index in [1.165, 1.54) is 24.6 Å². The first kappa shape index (κ1) is 13.5. The van der Waals surface area contributed by atoms with E-state index in [4.69, 9.17) is 33.8 Å². The molecule has 1 unspecified atom stereocenters. The van der Waals surface area contributed by atoms with Crippen molar-refractivity contribution < 1.29 is 4.74 Å². The van der Waals surface area contributed by atoms with Crippen molar-refractivity contribution in [2.45, 2.75) is 6.04 Å². The molecular formula is C10H10Cl2N4OS. The number of nitrogens with one attached hydrogen (secondary N) is 1. The number of aromatic nitrogens is 2. The second-order valence-corrected chi connectivity index (χ2v) is 5.62. The van der Waals surface area contributed by atoms with Gasteiger partial charge in [-0.05, 0) is 6.07 Å². The highest BCUT2D eigenvalue weighted by atomic mass is 35.5. The molecule has 5 nitrogen and oxygen atoms in total. The molecule has 0 saturated heterocycles. The van der Waals surface area contributed by atoms with Crippen LogP contribution in [-0.4, -0.2) is 17.1 Å². The Balaban J connectivity index is 2.48. The van der Waals surface area contributed by atoms with E-state index in [2.05, 4.69) is 15.4 Å². The molecule has 3 N–H and O–H groups in total. The Bertz CT molecular complexity index is 548. The first-order valence-corrected chi connectivity index (χ1v) is 6.50. The van der Waals surface area contributed by atoms with Crippen LogP contribution in [0.5, 0.6) is 5.88 Å². The number of thiophene rings is 1. The smallest absolute Gasteiger partial charge is 0.237 e. The summed E-state index contributed by atoms with van der Waals surface area (Å²) in [4.78, 5) is 8.30. The Morgan fingerprint density at radius 3 is 2.67 bits per heavy atom. The van der Waals surface area contributed by atoms with Crippen molar-refractivity contribution in [2.24, 2.45) is 5.84 Å². The maximum absolute atomic E-state index is 6.11. The van der Waals surface area contributed by atoms with E-state index in [1.54, 1.807) is 12.3 Å². The van der Waals surface area contributed by atoms with Crippen LogP contribution in [0.25, 0.3) is 0 Å². The van der Waals surface area contributed by atoms with Gasteiger partial charge in [0.25, 0.3) is 0 Å². The molecule has 2 rings (SSSR count). The molecule has 0 aromatic carbocycles. The van der Waals surface area contributed by atoms with E-state index in [1.807, 2.05) is 0 Å². The van der Waals surface area contributed by atoms with Crippen molar-refractivity contribution in [3.05, 3.63) is 38.4 Å². The van der Waals surface area contributed by atoms with Crippen LogP contribution in [0.2, 0.25) is 8.67 Å². The summed E-state index contributed by atoms with van der Waals surface area (Å²) in [6, 6.07) is 1.32. The summed E-state index contributed by atoms with van der Waals surface area (Å²) in [5, 5.41) is 0. The summed E-state index contributed by atoms with van der Waals surface area (Å²) in [5.74, 6) is 5.96. The maximum Gasteiger partial charge on any atom is 0.237 e. The predicted octanol–water partition coefficient (Wildman–Crippen LogP) is 2.41. The minimum atomic E-state index is -0.426. The molecule has 1 atom stereocenters. The molecule has 2 aromatic rings. The van der Waals surface area contributed by atoms with Gasteiger partial charge in [0.05, 0.1) is 21.8 Å². The molecule has 0 aliphatic heterocycles. The number of rotatable bonds is 4. The van der Waals surface area contributed by atoms with Crippen LogP contribution >= 0.6 is 34.5 Å². The van der Waals surface area contributed by atoms with Gasteiger partial charge in [0, 0.05) is 18.0 Å². The van der Waals surface area contributed by atoms with Crippen molar-refractivity contribution in [1.29, 1.82) is 0 Å². The minimum Gasteiger partial charge on any atom is -0.480 e. The second kappa shape index (κ2) is 5.81. The average Bonchev–Trinajstić information content (AvgIpc) is 2.70. The molecule has 0 bridgehead atoms. The standard InChI is InChI=1S/C10H10Cl2N4OS/c1-17-10-8(14-2-3-15-10)7(16-13)5-4-6(11)18-9(5)12/h2-4,7,16H,13H2,1H3. The molecule has 2 aromatic heterocycles. The van der Waals surface area contributed by atoms with Crippen molar-refractivity contribution in [2.75, 3.05) is 7.11 Å². The highest BCUT2D eigenvalue weighted by Gasteiger charge is 2.23. The molecule has 0 spiro atoms. The fourth-order valence-electron chi connectivity index (χ4n) is 1.56. The summed E-state index contributed by atoms with van der Waals surface area (Å²) in [6.45, 7) is 0. The largest absolute Gasteiger partial charge is 0.480 e. The van der Waals surface area contributed by atoms with Crippen LogP contribution in [0.15, 0.2) is 18.5 Å². The monoisotopic (exact) mass is 304 g/mol. The van der Waals surface area contributed by atoms with Gasteiger partial charge in [0.15, 0.2) is 0 Å². The molecule has 0 saturated carbocycles. The topological polar surface area (TPSA) is 73.1 Å². The Kier molecular flexibility index (Phi) is 4.36. The number of nitrogens with two attached hydrogens (primary N) is 1. The number of hydrazine groups is 1. The summed E-state index contributed by atoms with van der Waals surface area (Å²) >= 11 is 13.3. The van der Waals surface area contributed by atoms with Gasteiger partial charge in [-0.25, -0.2) is 10.4 Å². The van der Waals surface area contributed by atoms with Gasteiger partial charge < -0.3 is 4.74 Å². The molecule has 2 heterocycles. The van der Waals surface area contributed by atoms with Crippen molar-refractivity contribution >= 4 is 34.5 Å².